The Morgan fingerprint density at radius 1 is 1.27 bits per heavy atom. The van der Waals surface area contributed by atoms with Crippen LogP contribution in [0.1, 0.15) is 6.92 Å². The van der Waals surface area contributed by atoms with Crippen molar-refractivity contribution in [2.45, 2.75) is 18.6 Å². The molecule has 7 nitrogen and oxygen atoms in total. The second kappa shape index (κ2) is 4.01. The van der Waals surface area contributed by atoms with Crippen LogP contribution in [0.2, 0.25) is 0 Å². The molecule has 0 unspecified atom stereocenters. The molecule has 3 aliphatic heterocycles. The van der Waals surface area contributed by atoms with Crippen molar-refractivity contribution < 1.29 is 19.2 Å². The van der Waals surface area contributed by atoms with E-state index in [2.05, 4.69) is 0 Å². The van der Waals surface area contributed by atoms with Crippen LogP contribution >= 0.6 is 0 Å². The Hall–Kier alpha value is -2.54. The van der Waals surface area contributed by atoms with Crippen molar-refractivity contribution in [3.63, 3.8) is 0 Å². The largest absolute Gasteiger partial charge is 0.362 e. The lowest BCUT2D eigenvalue weighted by Crippen LogP contribution is -2.38. The molecule has 2 amide bonds. The predicted octanol–water partition coefficient (Wildman–Crippen LogP) is 1.43. The van der Waals surface area contributed by atoms with Gasteiger partial charge in [-0.3, -0.25) is 19.7 Å². The number of benzene rings is 1. The van der Waals surface area contributed by atoms with E-state index in [1.54, 1.807) is 25.1 Å². The van der Waals surface area contributed by atoms with Crippen molar-refractivity contribution >= 4 is 23.2 Å². The number of nitro benzene ring substituents is 1. The van der Waals surface area contributed by atoms with E-state index in [1.165, 1.54) is 18.2 Å². The molecule has 7 heteroatoms. The number of nitrogens with zero attached hydrogens (tertiary/aromatic N) is 2. The van der Waals surface area contributed by atoms with Crippen LogP contribution in [0.25, 0.3) is 0 Å². The molecule has 0 radical (unpaired) electrons. The van der Waals surface area contributed by atoms with E-state index >= 15 is 0 Å². The maximum Gasteiger partial charge on any atom is 0.293 e. The fraction of sp³-hybridized carbons (Fsp3) is 0.333. The molecule has 3 aliphatic rings. The lowest BCUT2D eigenvalue weighted by molar-refractivity contribution is -0.384. The second-order valence-corrected chi connectivity index (χ2v) is 5.89. The lowest BCUT2D eigenvalue weighted by Gasteiger charge is -2.23. The number of nitro groups is 1. The quantitative estimate of drug-likeness (QED) is 0.357. The number of carbonyl (C=O) groups excluding carboxylic acids is 2. The summed E-state index contributed by atoms with van der Waals surface area (Å²) < 4.78 is 5.72. The molecule has 0 spiro atoms. The van der Waals surface area contributed by atoms with E-state index in [0.29, 0.717) is 0 Å². The van der Waals surface area contributed by atoms with Crippen LogP contribution in [0.3, 0.4) is 0 Å². The summed E-state index contributed by atoms with van der Waals surface area (Å²) in [5, 5.41) is 11.2. The van der Waals surface area contributed by atoms with Gasteiger partial charge in [-0.2, -0.15) is 0 Å². The van der Waals surface area contributed by atoms with E-state index in [0.717, 1.165) is 4.90 Å². The number of hydrogen-bond acceptors (Lipinski definition) is 5. The van der Waals surface area contributed by atoms with Gasteiger partial charge in [0.2, 0.25) is 11.8 Å². The Morgan fingerprint density at radius 2 is 2.00 bits per heavy atom. The first kappa shape index (κ1) is 13.1. The third kappa shape index (κ3) is 1.43. The molecule has 0 aromatic heterocycles. The zero-order valence-corrected chi connectivity index (χ0v) is 11.6. The fourth-order valence-electron chi connectivity index (χ4n) is 3.70. The van der Waals surface area contributed by atoms with Crippen LogP contribution in [0.15, 0.2) is 36.4 Å². The van der Waals surface area contributed by atoms with Crippen molar-refractivity contribution in [1.29, 1.82) is 0 Å². The molecule has 22 heavy (non-hydrogen) atoms. The average molecular weight is 300 g/mol. The summed E-state index contributed by atoms with van der Waals surface area (Å²) in [4.78, 5) is 36.9. The second-order valence-electron chi connectivity index (χ2n) is 5.89. The van der Waals surface area contributed by atoms with E-state index in [9.17, 15) is 19.7 Å². The number of fused-ring (bicyclic) bond motifs is 5. The average Bonchev–Trinajstić information content (AvgIpc) is 3.08. The number of anilines is 1. The summed E-state index contributed by atoms with van der Waals surface area (Å²) in [5.74, 6) is -2.07. The van der Waals surface area contributed by atoms with Crippen LogP contribution in [0.4, 0.5) is 11.4 Å². The summed E-state index contributed by atoms with van der Waals surface area (Å²) in [6.45, 7) is 1.77. The van der Waals surface area contributed by atoms with Gasteiger partial charge in [-0.1, -0.05) is 24.3 Å². The summed E-state index contributed by atoms with van der Waals surface area (Å²) in [6, 6.07) is 5.79. The maximum atomic E-state index is 12.7. The number of carbonyl (C=O) groups is 2. The minimum absolute atomic E-state index is 0.0277. The Bertz CT molecular complexity index is 758. The molecule has 0 saturated carbocycles. The van der Waals surface area contributed by atoms with Gasteiger partial charge in [-0.15, -0.1) is 0 Å². The summed E-state index contributed by atoms with van der Waals surface area (Å²) >= 11 is 0. The Kier molecular flexibility index (Phi) is 2.40. The minimum Gasteiger partial charge on any atom is -0.362 e. The first-order valence-electron chi connectivity index (χ1n) is 6.92. The highest BCUT2D eigenvalue weighted by Gasteiger charge is 2.66. The van der Waals surface area contributed by atoms with E-state index in [1.807, 2.05) is 0 Å². The van der Waals surface area contributed by atoms with Crippen molar-refractivity contribution in [2.24, 2.45) is 11.8 Å². The lowest BCUT2D eigenvalue weighted by atomic mass is 9.78. The van der Waals surface area contributed by atoms with E-state index < -0.39 is 40.3 Å². The van der Waals surface area contributed by atoms with Gasteiger partial charge in [0.05, 0.1) is 28.5 Å². The zero-order chi connectivity index (χ0) is 15.6. The van der Waals surface area contributed by atoms with Crippen LogP contribution in [0, 0.1) is 22.0 Å². The number of hydrogen-bond donors (Lipinski definition) is 0. The molecule has 0 N–H and O–H groups in total. The number of rotatable bonds is 2. The molecule has 4 rings (SSSR count). The van der Waals surface area contributed by atoms with Gasteiger partial charge in [0, 0.05) is 6.07 Å². The highest BCUT2D eigenvalue weighted by molar-refractivity contribution is 6.24. The molecule has 2 saturated heterocycles. The van der Waals surface area contributed by atoms with Gasteiger partial charge in [0.1, 0.15) is 5.69 Å². The summed E-state index contributed by atoms with van der Waals surface area (Å²) in [5.41, 5.74) is -1.03. The maximum absolute atomic E-state index is 12.7. The van der Waals surface area contributed by atoms with Crippen LogP contribution in [-0.2, 0) is 14.3 Å². The SMILES string of the molecule is C[C@@]12C=C[C@H](O1)[C@H]1C(=O)N(c3ccccc3[N+](=O)[O-])C(=O)[C@@H]12. The standard InChI is InChI=1S/C15H12N2O5/c1-15-7-6-10(22-15)11-12(15)14(19)16(13(11)18)8-4-2-3-5-9(8)17(20)21/h2-7,10-12H,1H3/t10-,11+,12+,15-/m0/s1. The molecule has 3 heterocycles. The summed E-state index contributed by atoms with van der Waals surface area (Å²) in [7, 11) is 0. The van der Waals surface area contributed by atoms with Crippen molar-refractivity contribution in [2.75, 3.05) is 4.90 Å². The summed E-state index contributed by atoms with van der Waals surface area (Å²) in [6.07, 6.45) is 3.15. The Labute approximate surface area is 125 Å². The molecule has 2 fully saturated rings. The van der Waals surface area contributed by atoms with E-state index in [-0.39, 0.29) is 11.4 Å². The van der Waals surface area contributed by atoms with Gasteiger partial charge in [-0.25, -0.2) is 4.90 Å². The van der Waals surface area contributed by atoms with Crippen LogP contribution in [0.5, 0.6) is 0 Å². The molecular formula is C15H12N2O5. The van der Waals surface area contributed by atoms with Gasteiger partial charge in [0.25, 0.3) is 5.69 Å². The first-order valence-corrected chi connectivity index (χ1v) is 6.92. The number of imide groups is 1. The zero-order valence-electron chi connectivity index (χ0n) is 11.6. The molecule has 0 aliphatic carbocycles. The minimum atomic E-state index is -0.805. The van der Waals surface area contributed by atoms with Crippen LogP contribution < -0.4 is 4.90 Å². The number of ether oxygens (including phenoxy) is 1. The normalized spacial score (nSPS) is 35.3. The molecule has 1 aromatic carbocycles. The molecule has 2 bridgehead atoms. The third-order valence-electron chi connectivity index (χ3n) is 4.65. The molecule has 112 valence electrons. The third-order valence-corrected chi connectivity index (χ3v) is 4.65. The van der Waals surface area contributed by atoms with Crippen molar-refractivity contribution in [3.8, 4) is 0 Å². The van der Waals surface area contributed by atoms with Gasteiger partial charge in [0.15, 0.2) is 0 Å². The highest BCUT2D eigenvalue weighted by atomic mass is 16.6. The molecular weight excluding hydrogens is 288 g/mol. The Morgan fingerprint density at radius 3 is 2.68 bits per heavy atom. The first-order chi connectivity index (χ1) is 10.4. The molecule has 4 atom stereocenters. The van der Waals surface area contributed by atoms with Gasteiger partial charge < -0.3 is 4.74 Å². The van der Waals surface area contributed by atoms with E-state index in [4.69, 9.17) is 4.74 Å². The van der Waals surface area contributed by atoms with Gasteiger partial charge >= 0.3 is 0 Å². The smallest absolute Gasteiger partial charge is 0.293 e. The monoisotopic (exact) mass is 300 g/mol. The van der Waals surface area contributed by atoms with Crippen molar-refractivity contribution in [3.05, 3.63) is 46.5 Å². The molecule has 1 aromatic rings. The number of amides is 2. The van der Waals surface area contributed by atoms with Gasteiger partial charge in [-0.05, 0) is 13.0 Å². The predicted molar refractivity (Wildman–Crippen MR) is 75.0 cm³/mol. The Balaban J connectivity index is 1.82. The van der Waals surface area contributed by atoms with Crippen LogP contribution in [-0.4, -0.2) is 28.4 Å². The number of para-hydroxylation sites is 2. The topological polar surface area (TPSA) is 89.8 Å². The van der Waals surface area contributed by atoms with Crippen molar-refractivity contribution in [1.82, 2.24) is 0 Å². The highest BCUT2D eigenvalue weighted by Crippen LogP contribution is 2.52. The fourth-order valence-corrected chi connectivity index (χ4v) is 3.70.